The Balaban J connectivity index is 1.91. The zero-order chi connectivity index (χ0) is 23.4. The third-order valence-electron chi connectivity index (χ3n) is 5.39. The van der Waals surface area contributed by atoms with Crippen LogP contribution in [0.3, 0.4) is 0 Å². The standard InChI is InChI=1S/C19H34N4O7S/c1-19(2,3)30-17(24)22-8-5-13(6-9-22)15(16(20)21)7-10-23-14(11-28-18(23)25)12-29-31(4,26)27/h13-15H,5-12H2,1-4H3,(H3,20,21). The Hall–Kier alpha value is -2.08. The van der Waals surface area contributed by atoms with E-state index < -0.39 is 27.9 Å². The number of nitrogens with zero attached hydrogens (tertiary/aromatic N) is 2. The van der Waals surface area contributed by atoms with Gasteiger partial charge in [-0.1, -0.05) is 0 Å². The predicted molar refractivity (Wildman–Crippen MR) is 113 cm³/mol. The van der Waals surface area contributed by atoms with E-state index in [4.69, 9.17) is 24.8 Å². The molecule has 3 N–H and O–H groups in total. The maximum Gasteiger partial charge on any atom is 0.410 e. The van der Waals surface area contributed by atoms with E-state index in [9.17, 15) is 18.0 Å². The van der Waals surface area contributed by atoms with Gasteiger partial charge in [0.15, 0.2) is 0 Å². The van der Waals surface area contributed by atoms with Crippen LogP contribution in [-0.2, 0) is 23.8 Å². The molecule has 31 heavy (non-hydrogen) atoms. The van der Waals surface area contributed by atoms with Crippen molar-refractivity contribution in [1.29, 1.82) is 5.41 Å². The molecule has 0 aliphatic carbocycles. The molecule has 11 nitrogen and oxygen atoms in total. The van der Waals surface area contributed by atoms with Crippen molar-refractivity contribution in [1.82, 2.24) is 9.80 Å². The number of amides is 2. The van der Waals surface area contributed by atoms with Crippen LogP contribution in [0.2, 0.25) is 0 Å². The third kappa shape index (κ3) is 7.84. The Morgan fingerprint density at radius 2 is 1.94 bits per heavy atom. The van der Waals surface area contributed by atoms with Crippen LogP contribution < -0.4 is 5.73 Å². The van der Waals surface area contributed by atoms with Gasteiger partial charge in [-0.25, -0.2) is 9.59 Å². The van der Waals surface area contributed by atoms with Crippen LogP contribution in [-0.4, -0.2) is 87.0 Å². The summed E-state index contributed by atoms with van der Waals surface area (Å²) in [5.74, 6) is -0.126. The highest BCUT2D eigenvalue weighted by atomic mass is 32.2. The Morgan fingerprint density at radius 1 is 1.32 bits per heavy atom. The topological polar surface area (TPSA) is 152 Å². The molecule has 0 spiro atoms. The number of hydrogen-bond acceptors (Lipinski definition) is 8. The van der Waals surface area contributed by atoms with E-state index in [0.717, 1.165) is 6.26 Å². The number of carbonyl (C=O) groups is 2. The average molecular weight is 463 g/mol. The Bertz CT molecular complexity index is 773. The Morgan fingerprint density at radius 3 is 2.45 bits per heavy atom. The first-order valence-corrected chi connectivity index (χ1v) is 12.2. The molecule has 2 amide bonds. The van der Waals surface area contributed by atoms with Crippen LogP contribution in [0.4, 0.5) is 9.59 Å². The van der Waals surface area contributed by atoms with E-state index in [2.05, 4.69) is 0 Å². The summed E-state index contributed by atoms with van der Waals surface area (Å²) in [6.07, 6.45) is 1.85. The number of nitrogens with one attached hydrogen (secondary N) is 1. The first-order chi connectivity index (χ1) is 14.3. The average Bonchev–Trinajstić information content (AvgIpc) is 2.98. The zero-order valence-electron chi connectivity index (χ0n) is 18.6. The highest BCUT2D eigenvalue weighted by Crippen LogP contribution is 2.29. The van der Waals surface area contributed by atoms with E-state index in [0.29, 0.717) is 32.4 Å². The lowest BCUT2D eigenvalue weighted by molar-refractivity contribution is 0.0168. The number of rotatable bonds is 8. The predicted octanol–water partition coefficient (Wildman–Crippen LogP) is 1.37. The van der Waals surface area contributed by atoms with Crippen molar-refractivity contribution in [2.24, 2.45) is 17.6 Å². The Labute approximate surface area is 183 Å². The molecule has 2 unspecified atom stereocenters. The second-order valence-electron chi connectivity index (χ2n) is 9.07. The highest BCUT2D eigenvalue weighted by molar-refractivity contribution is 7.85. The lowest BCUT2D eigenvalue weighted by Crippen LogP contribution is -2.45. The van der Waals surface area contributed by atoms with E-state index in [-0.39, 0.29) is 43.5 Å². The number of hydrogen-bond donors (Lipinski definition) is 2. The minimum absolute atomic E-state index is 0.0345. The van der Waals surface area contributed by atoms with Gasteiger partial charge in [-0.05, 0) is 46.0 Å². The van der Waals surface area contributed by atoms with Gasteiger partial charge < -0.3 is 20.1 Å². The molecule has 0 aromatic rings. The molecule has 0 aromatic carbocycles. The van der Waals surface area contributed by atoms with Crippen LogP contribution in [0.25, 0.3) is 0 Å². The fourth-order valence-corrected chi connectivity index (χ4v) is 4.24. The van der Waals surface area contributed by atoms with E-state index >= 15 is 0 Å². The molecular formula is C19H34N4O7S. The first-order valence-electron chi connectivity index (χ1n) is 10.4. The van der Waals surface area contributed by atoms with E-state index in [1.165, 1.54) is 4.90 Å². The second-order valence-corrected chi connectivity index (χ2v) is 10.7. The highest BCUT2D eigenvalue weighted by Gasteiger charge is 2.36. The fraction of sp³-hybridized carbons (Fsp3) is 0.842. The van der Waals surface area contributed by atoms with E-state index in [1.807, 2.05) is 20.8 Å². The fourth-order valence-electron chi connectivity index (χ4n) is 3.84. The van der Waals surface area contributed by atoms with Crippen LogP contribution in [0, 0.1) is 17.2 Å². The molecule has 2 saturated heterocycles. The maximum atomic E-state index is 12.3. The van der Waals surface area contributed by atoms with Gasteiger partial charge in [-0.3, -0.25) is 14.5 Å². The SMILES string of the molecule is CC(C)(C)OC(=O)N1CCC(C(CCN2C(=O)OCC2COS(C)(=O)=O)C(=N)N)CC1. The van der Waals surface area contributed by atoms with Crippen LogP contribution in [0.15, 0.2) is 0 Å². The van der Waals surface area contributed by atoms with Gasteiger partial charge in [0.05, 0.1) is 24.7 Å². The number of nitrogens with two attached hydrogens (primary N) is 1. The molecule has 0 bridgehead atoms. The van der Waals surface area contributed by atoms with Gasteiger partial charge >= 0.3 is 12.2 Å². The summed E-state index contributed by atoms with van der Waals surface area (Å²) in [5, 5.41) is 8.01. The van der Waals surface area contributed by atoms with Crippen molar-refractivity contribution in [3.63, 3.8) is 0 Å². The number of likely N-dealkylation sites (tertiary alicyclic amines) is 1. The summed E-state index contributed by atoms with van der Waals surface area (Å²) in [4.78, 5) is 27.4. The lowest BCUT2D eigenvalue weighted by atomic mass is 9.81. The molecule has 2 aliphatic rings. The molecule has 2 fully saturated rings. The van der Waals surface area contributed by atoms with Gasteiger partial charge in [-0.2, -0.15) is 8.42 Å². The molecule has 2 heterocycles. The quantitative estimate of drug-likeness (QED) is 0.312. The molecule has 2 aliphatic heterocycles. The van der Waals surface area contributed by atoms with Gasteiger partial charge in [-0.15, -0.1) is 0 Å². The van der Waals surface area contributed by atoms with Crippen molar-refractivity contribution >= 4 is 28.1 Å². The minimum Gasteiger partial charge on any atom is -0.447 e. The molecular weight excluding hydrogens is 428 g/mol. The second kappa shape index (κ2) is 10.0. The normalized spacial score (nSPS) is 21.7. The maximum absolute atomic E-state index is 12.3. The van der Waals surface area contributed by atoms with Gasteiger partial charge in [0.2, 0.25) is 0 Å². The van der Waals surface area contributed by atoms with E-state index in [1.54, 1.807) is 4.90 Å². The number of ether oxygens (including phenoxy) is 2. The largest absolute Gasteiger partial charge is 0.447 e. The van der Waals surface area contributed by atoms with Crippen molar-refractivity contribution in [2.45, 2.75) is 51.7 Å². The Kier molecular flexibility index (Phi) is 8.15. The molecule has 0 aromatic heterocycles. The van der Waals surface area contributed by atoms with Crippen LogP contribution >= 0.6 is 0 Å². The number of carbonyl (C=O) groups excluding carboxylic acids is 2. The smallest absolute Gasteiger partial charge is 0.410 e. The third-order valence-corrected chi connectivity index (χ3v) is 5.95. The van der Waals surface area contributed by atoms with Crippen molar-refractivity contribution in [3.8, 4) is 0 Å². The number of piperidine rings is 1. The van der Waals surface area contributed by atoms with Gasteiger partial charge in [0, 0.05) is 25.6 Å². The molecule has 2 rings (SSSR count). The number of amidine groups is 1. The van der Waals surface area contributed by atoms with Crippen molar-refractivity contribution < 1.29 is 31.7 Å². The minimum atomic E-state index is -3.63. The monoisotopic (exact) mass is 462 g/mol. The van der Waals surface area contributed by atoms with Crippen molar-refractivity contribution in [3.05, 3.63) is 0 Å². The molecule has 0 radical (unpaired) electrons. The summed E-state index contributed by atoms with van der Waals surface area (Å²) in [5.41, 5.74) is 5.30. The van der Waals surface area contributed by atoms with Crippen LogP contribution in [0.5, 0.6) is 0 Å². The van der Waals surface area contributed by atoms with Crippen molar-refractivity contribution in [2.75, 3.05) is 39.1 Å². The van der Waals surface area contributed by atoms with Crippen LogP contribution in [0.1, 0.15) is 40.0 Å². The summed E-state index contributed by atoms with van der Waals surface area (Å²) in [7, 11) is -3.63. The molecule has 178 valence electrons. The summed E-state index contributed by atoms with van der Waals surface area (Å²) < 4.78 is 37.7. The summed E-state index contributed by atoms with van der Waals surface area (Å²) in [6.45, 7) is 6.63. The lowest BCUT2D eigenvalue weighted by Gasteiger charge is -2.37. The first kappa shape index (κ1) is 25.2. The van der Waals surface area contributed by atoms with Gasteiger partial charge in [0.1, 0.15) is 12.2 Å². The number of cyclic esters (lactones) is 1. The molecule has 2 atom stereocenters. The summed E-state index contributed by atoms with van der Waals surface area (Å²) in [6, 6.07) is -0.510. The molecule has 0 saturated carbocycles. The summed E-state index contributed by atoms with van der Waals surface area (Å²) >= 11 is 0. The zero-order valence-corrected chi connectivity index (χ0v) is 19.4. The van der Waals surface area contributed by atoms with Gasteiger partial charge in [0.25, 0.3) is 10.1 Å². The molecule has 12 heteroatoms.